The third-order valence-corrected chi connectivity index (χ3v) is 9.06. The molecule has 1 saturated carbocycles. The zero-order chi connectivity index (χ0) is 29.2. The number of hydrogen-bond donors (Lipinski definition) is 2. The van der Waals surface area contributed by atoms with Crippen molar-refractivity contribution in [2.75, 3.05) is 32.8 Å². The minimum atomic E-state index is -4.40. The molecule has 41 heavy (non-hydrogen) atoms. The lowest BCUT2D eigenvalue weighted by Crippen LogP contribution is -2.51. The molecule has 2 saturated heterocycles. The largest absolute Gasteiger partial charge is 0.392 e. The monoisotopic (exact) mass is 593 g/mol. The summed E-state index contributed by atoms with van der Waals surface area (Å²) in [4.78, 5) is 32.1. The van der Waals surface area contributed by atoms with Crippen molar-refractivity contribution in [1.29, 1.82) is 0 Å². The van der Waals surface area contributed by atoms with Crippen LogP contribution in [-0.4, -0.2) is 74.7 Å². The third-order valence-electron chi connectivity index (χ3n) is 8.78. The van der Waals surface area contributed by atoms with Gasteiger partial charge in [-0.05, 0) is 43.0 Å². The minimum Gasteiger partial charge on any atom is -0.388 e. The van der Waals surface area contributed by atoms with Gasteiger partial charge >= 0.3 is 6.18 Å². The summed E-state index contributed by atoms with van der Waals surface area (Å²) in [5.74, 6) is -2.16. The molecule has 3 fully saturated rings. The van der Waals surface area contributed by atoms with Crippen LogP contribution in [0.4, 0.5) is 13.2 Å². The number of likely N-dealkylation sites (tertiary alicyclic amines) is 1. The van der Waals surface area contributed by atoms with Gasteiger partial charge in [-0.3, -0.25) is 18.7 Å². The number of piperidine rings is 1. The molecule has 1 unspecified atom stereocenters. The van der Waals surface area contributed by atoms with Gasteiger partial charge in [-0.15, -0.1) is 0 Å². The van der Waals surface area contributed by atoms with Crippen molar-refractivity contribution < 1.29 is 27.8 Å². The molecule has 13 heteroatoms. The Kier molecular flexibility index (Phi) is 6.95. The topological polar surface area (TPSA) is 102 Å². The highest BCUT2D eigenvalue weighted by molar-refractivity contribution is 6.31. The fourth-order valence-electron chi connectivity index (χ4n) is 6.12. The minimum absolute atomic E-state index is 0.0623. The van der Waals surface area contributed by atoms with E-state index in [1.165, 1.54) is 22.7 Å². The molecule has 1 aromatic carbocycles. The maximum absolute atomic E-state index is 13.4. The number of fused-ring (bicyclic) bond motifs is 1. The Hall–Kier alpha value is -2.93. The van der Waals surface area contributed by atoms with E-state index in [1.807, 2.05) is 24.3 Å². The van der Waals surface area contributed by atoms with Gasteiger partial charge in [0.1, 0.15) is 11.5 Å². The summed E-state index contributed by atoms with van der Waals surface area (Å²) in [7, 11) is 0. The number of hydrogen-bond acceptors (Lipinski definition) is 6. The predicted molar refractivity (Wildman–Crippen MR) is 145 cm³/mol. The van der Waals surface area contributed by atoms with Crippen LogP contribution in [0.3, 0.4) is 0 Å². The van der Waals surface area contributed by atoms with Crippen molar-refractivity contribution in [3.8, 4) is 5.69 Å². The molecule has 4 heterocycles. The van der Waals surface area contributed by atoms with E-state index in [0.29, 0.717) is 29.4 Å². The molecule has 0 radical (unpaired) electrons. The van der Waals surface area contributed by atoms with Gasteiger partial charge in [0.25, 0.3) is 5.56 Å². The molecule has 3 atom stereocenters. The Balaban J connectivity index is 1.16. The number of halogens is 4. The van der Waals surface area contributed by atoms with Crippen LogP contribution in [0.2, 0.25) is 5.15 Å². The van der Waals surface area contributed by atoms with Crippen molar-refractivity contribution in [1.82, 2.24) is 24.3 Å². The Bertz CT molecular complexity index is 1520. The first-order chi connectivity index (χ1) is 19.4. The van der Waals surface area contributed by atoms with Gasteiger partial charge in [0.15, 0.2) is 5.65 Å². The number of alkyl halides is 3. The summed E-state index contributed by atoms with van der Waals surface area (Å²) < 4.78 is 47.9. The molecule has 3 aromatic rings. The molecule has 0 spiro atoms. The zero-order valence-electron chi connectivity index (χ0n) is 22.5. The first kappa shape index (κ1) is 28.2. The van der Waals surface area contributed by atoms with E-state index in [2.05, 4.69) is 10.3 Å². The van der Waals surface area contributed by atoms with Crippen molar-refractivity contribution in [3.05, 3.63) is 57.7 Å². The van der Waals surface area contributed by atoms with Gasteiger partial charge < -0.3 is 20.1 Å². The quantitative estimate of drug-likeness (QED) is 0.470. The molecule has 2 aliphatic heterocycles. The van der Waals surface area contributed by atoms with Crippen LogP contribution in [-0.2, 0) is 16.1 Å². The van der Waals surface area contributed by atoms with E-state index in [4.69, 9.17) is 16.3 Å². The summed E-state index contributed by atoms with van der Waals surface area (Å²) in [5.41, 5.74) is -0.934. The Labute approximate surface area is 238 Å². The van der Waals surface area contributed by atoms with Gasteiger partial charge in [0.05, 0.1) is 48.1 Å². The van der Waals surface area contributed by atoms with Crippen LogP contribution >= 0.6 is 11.6 Å². The van der Waals surface area contributed by atoms with Gasteiger partial charge in [-0.1, -0.05) is 30.7 Å². The zero-order valence-corrected chi connectivity index (χ0v) is 23.2. The molecule has 3 aliphatic rings. The molecular formula is C28H31ClF3N5O4. The van der Waals surface area contributed by atoms with Crippen LogP contribution in [0, 0.1) is 11.3 Å². The normalized spacial score (nSPS) is 26.3. The second kappa shape index (κ2) is 10.1. The van der Waals surface area contributed by atoms with Gasteiger partial charge in [0.2, 0.25) is 5.91 Å². The van der Waals surface area contributed by atoms with Gasteiger partial charge in [-0.2, -0.15) is 13.2 Å². The standard InChI is InChI=1S/C28H31ClF3N5O4/c1-26(13-21(26)28(30,31)32)25(39)35-9-6-27(40,7-10-35)15-36-16-34-23-19(24(36)38)12-22(29)37(23)18-4-2-17(3-5-18)20-14-41-11-8-33-20/h2-5,12,16,20-21,33,40H,6-11,13-15H2,1H3/t20?,21-,26-/m1/s1. The highest BCUT2D eigenvalue weighted by atomic mass is 35.5. The smallest absolute Gasteiger partial charge is 0.388 e. The van der Waals surface area contributed by atoms with Crippen molar-refractivity contribution in [3.63, 3.8) is 0 Å². The number of aliphatic hydroxyl groups is 1. The van der Waals surface area contributed by atoms with E-state index in [0.717, 1.165) is 17.8 Å². The van der Waals surface area contributed by atoms with Crippen LogP contribution in [0.1, 0.15) is 37.8 Å². The van der Waals surface area contributed by atoms with Crippen LogP contribution in [0.15, 0.2) is 41.5 Å². The van der Waals surface area contributed by atoms with Crippen molar-refractivity contribution >= 4 is 28.5 Å². The molecule has 6 rings (SSSR count). The number of ether oxygens (including phenoxy) is 1. The number of carbonyl (C=O) groups excluding carboxylic acids is 1. The number of nitrogens with one attached hydrogen (secondary N) is 1. The summed E-state index contributed by atoms with van der Waals surface area (Å²) in [5, 5.41) is 15.3. The number of benzene rings is 1. The number of aromatic nitrogens is 3. The number of carbonyl (C=O) groups is 1. The highest BCUT2D eigenvalue weighted by Crippen LogP contribution is 2.61. The van der Waals surface area contributed by atoms with Crippen molar-refractivity contribution in [2.45, 2.75) is 50.6 Å². The van der Waals surface area contributed by atoms with E-state index in [9.17, 15) is 27.9 Å². The summed E-state index contributed by atoms with van der Waals surface area (Å²) >= 11 is 6.55. The molecule has 220 valence electrons. The number of morpholine rings is 1. The van der Waals surface area contributed by atoms with Gasteiger partial charge in [-0.25, -0.2) is 4.98 Å². The molecule has 2 N–H and O–H groups in total. The average molecular weight is 594 g/mol. The fraction of sp³-hybridized carbons (Fsp3) is 0.536. The molecular weight excluding hydrogens is 563 g/mol. The maximum atomic E-state index is 13.4. The highest BCUT2D eigenvalue weighted by Gasteiger charge is 2.68. The van der Waals surface area contributed by atoms with Crippen molar-refractivity contribution in [2.24, 2.45) is 11.3 Å². The first-order valence-electron chi connectivity index (χ1n) is 13.7. The first-order valence-corrected chi connectivity index (χ1v) is 14.0. The van der Waals surface area contributed by atoms with Gasteiger partial charge in [0, 0.05) is 25.3 Å². The van der Waals surface area contributed by atoms with Crippen LogP contribution < -0.4 is 10.9 Å². The number of rotatable bonds is 5. The molecule has 1 aliphatic carbocycles. The third kappa shape index (κ3) is 5.15. The maximum Gasteiger partial charge on any atom is 0.392 e. The summed E-state index contributed by atoms with van der Waals surface area (Å²) in [6, 6.07) is 9.41. The Morgan fingerprint density at radius 1 is 1.24 bits per heavy atom. The predicted octanol–water partition coefficient (Wildman–Crippen LogP) is 3.44. The molecule has 9 nitrogen and oxygen atoms in total. The second-order valence-corrected chi connectivity index (χ2v) is 12.0. The van der Waals surface area contributed by atoms with E-state index in [-0.39, 0.29) is 50.5 Å². The van der Waals surface area contributed by atoms with E-state index < -0.39 is 29.0 Å². The van der Waals surface area contributed by atoms with E-state index >= 15 is 0 Å². The lowest BCUT2D eigenvalue weighted by molar-refractivity contribution is -0.165. The SMILES string of the molecule is C[C@@]1(C(=O)N2CCC(O)(Cn3cnc4c(cc(Cl)n4-c4ccc(C5COCCN5)cc4)c3=O)CC2)C[C@H]1C(F)(F)F. The average Bonchev–Trinajstić information content (AvgIpc) is 3.56. The lowest BCUT2D eigenvalue weighted by Gasteiger charge is -2.39. The summed E-state index contributed by atoms with van der Waals surface area (Å²) in [6.07, 6.45) is -2.99. The number of nitrogens with zero attached hydrogens (tertiary/aromatic N) is 4. The molecule has 0 bridgehead atoms. The molecule has 2 aromatic heterocycles. The fourth-order valence-corrected chi connectivity index (χ4v) is 6.41. The summed E-state index contributed by atoms with van der Waals surface area (Å²) in [6.45, 7) is 3.57. The molecule has 1 amide bonds. The Morgan fingerprint density at radius 2 is 1.95 bits per heavy atom. The second-order valence-electron chi connectivity index (χ2n) is 11.6. The number of amides is 1. The van der Waals surface area contributed by atoms with E-state index in [1.54, 1.807) is 10.6 Å². The lowest BCUT2D eigenvalue weighted by atomic mass is 9.90. The van der Waals surface area contributed by atoms with Crippen LogP contribution in [0.5, 0.6) is 0 Å². The van der Waals surface area contributed by atoms with Crippen LogP contribution in [0.25, 0.3) is 16.7 Å². The Morgan fingerprint density at radius 3 is 2.56 bits per heavy atom.